The number of primary amides is 1. The summed E-state index contributed by atoms with van der Waals surface area (Å²) in [5.74, 6) is -0.433. The number of nitrogens with one attached hydrogen (secondary N) is 1. The number of hydrogen-bond donors (Lipinski definition) is 2. The van der Waals surface area contributed by atoms with Gasteiger partial charge in [-0.1, -0.05) is 12.1 Å². The zero-order valence-electron chi connectivity index (χ0n) is 14.6. The Kier molecular flexibility index (Phi) is 5.91. The predicted octanol–water partition coefficient (Wildman–Crippen LogP) is 1.07. The van der Waals surface area contributed by atoms with E-state index in [1.165, 1.54) is 6.33 Å². The van der Waals surface area contributed by atoms with E-state index in [0.717, 1.165) is 30.5 Å². The molecule has 0 saturated carbocycles. The number of rotatable bonds is 6. The number of carbonyl (C=O) groups is 2. The smallest absolute Gasteiger partial charge is 0.251 e. The highest BCUT2D eigenvalue weighted by Gasteiger charge is 2.23. The molecule has 0 bridgehead atoms. The van der Waals surface area contributed by atoms with E-state index in [1.807, 2.05) is 18.2 Å². The molecule has 0 spiro atoms. The summed E-state index contributed by atoms with van der Waals surface area (Å²) in [6, 6.07) is 7.39. The van der Waals surface area contributed by atoms with Crippen LogP contribution in [0.15, 0.2) is 43.0 Å². The van der Waals surface area contributed by atoms with E-state index in [9.17, 15) is 9.59 Å². The van der Waals surface area contributed by atoms with Crippen LogP contribution in [0.2, 0.25) is 0 Å². The monoisotopic (exact) mass is 353 g/mol. The molecular formula is C19H23N5O2. The number of likely N-dealkylation sites (tertiary alicyclic amines) is 1. The van der Waals surface area contributed by atoms with E-state index in [4.69, 9.17) is 5.73 Å². The minimum absolute atomic E-state index is 0.0794. The Labute approximate surface area is 152 Å². The van der Waals surface area contributed by atoms with Crippen molar-refractivity contribution >= 4 is 11.8 Å². The molecule has 1 aromatic carbocycles. The molecule has 0 radical (unpaired) electrons. The zero-order valence-corrected chi connectivity index (χ0v) is 14.6. The molecule has 7 heteroatoms. The number of carbonyl (C=O) groups excluding carboxylic acids is 2. The second-order valence-corrected chi connectivity index (χ2v) is 6.51. The van der Waals surface area contributed by atoms with Gasteiger partial charge in [-0.3, -0.25) is 9.59 Å². The lowest BCUT2D eigenvalue weighted by atomic mass is 9.97. The molecule has 1 fully saturated rings. The van der Waals surface area contributed by atoms with Crippen LogP contribution < -0.4 is 11.1 Å². The van der Waals surface area contributed by atoms with Gasteiger partial charge in [0.05, 0.1) is 5.92 Å². The third-order valence-electron chi connectivity index (χ3n) is 4.64. The van der Waals surface area contributed by atoms with Gasteiger partial charge in [0.25, 0.3) is 5.91 Å². The summed E-state index contributed by atoms with van der Waals surface area (Å²) in [6.45, 7) is 2.85. The molecule has 1 atom stereocenters. The van der Waals surface area contributed by atoms with E-state index in [0.29, 0.717) is 25.2 Å². The van der Waals surface area contributed by atoms with Crippen LogP contribution in [0.4, 0.5) is 0 Å². The van der Waals surface area contributed by atoms with Gasteiger partial charge in [0, 0.05) is 43.2 Å². The third-order valence-corrected chi connectivity index (χ3v) is 4.64. The van der Waals surface area contributed by atoms with E-state index >= 15 is 0 Å². The molecule has 0 aliphatic carbocycles. The Morgan fingerprint density at radius 1 is 1.23 bits per heavy atom. The topological polar surface area (TPSA) is 101 Å². The van der Waals surface area contributed by atoms with Crippen molar-refractivity contribution in [1.82, 2.24) is 20.2 Å². The van der Waals surface area contributed by atoms with Crippen molar-refractivity contribution in [3.05, 3.63) is 48.5 Å². The van der Waals surface area contributed by atoms with Gasteiger partial charge in [-0.2, -0.15) is 0 Å². The fraction of sp³-hybridized carbons (Fsp3) is 0.368. The third kappa shape index (κ3) is 4.64. The Morgan fingerprint density at radius 3 is 2.81 bits per heavy atom. The van der Waals surface area contributed by atoms with Crippen LogP contribution in [0.1, 0.15) is 23.2 Å². The Balaban J connectivity index is 1.53. The lowest BCUT2D eigenvalue weighted by molar-refractivity contribution is -0.123. The first-order valence-electron chi connectivity index (χ1n) is 8.79. The first-order chi connectivity index (χ1) is 12.6. The second-order valence-electron chi connectivity index (χ2n) is 6.51. The Morgan fingerprint density at radius 2 is 2.04 bits per heavy atom. The van der Waals surface area contributed by atoms with Gasteiger partial charge in [-0.05, 0) is 37.1 Å². The van der Waals surface area contributed by atoms with Crippen molar-refractivity contribution < 1.29 is 9.59 Å². The van der Waals surface area contributed by atoms with Gasteiger partial charge in [0.15, 0.2) is 0 Å². The first-order valence-corrected chi connectivity index (χ1v) is 8.79. The summed E-state index contributed by atoms with van der Waals surface area (Å²) < 4.78 is 0. The number of amides is 2. The maximum Gasteiger partial charge on any atom is 0.251 e. The standard InChI is InChI=1S/C19H23N5O2/c20-18(25)16-5-2-7-24(12-16)8-6-23-19(26)15-4-1-3-14(9-15)17-10-21-13-22-11-17/h1,3-4,9-11,13,16H,2,5-8,12H2,(H2,20,25)(H,23,26)/t16-/m0/s1. The average Bonchev–Trinajstić information content (AvgIpc) is 2.69. The molecule has 2 amide bonds. The number of hydrogen-bond acceptors (Lipinski definition) is 5. The van der Waals surface area contributed by atoms with Gasteiger partial charge in [-0.25, -0.2) is 9.97 Å². The normalized spacial score (nSPS) is 17.6. The molecule has 3 rings (SSSR count). The molecule has 1 aliphatic heterocycles. The van der Waals surface area contributed by atoms with Crippen LogP contribution in [0.25, 0.3) is 11.1 Å². The predicted molar refractivity (Wildman–Crippen MR) is 98.2 cm³/mol. The maximum atomic E-state index is 12.4. The fourth-order valence-corrected chi connectivity index (χ4v) is 3.21. The van der Waals surface area contributed by atoms with E-state index in [1.54, 1.807) is 18.5 Å². The van der Waals surface area contributed by atoms with E-state index < -0.39 is 0 Å². The molecule has 2 aromatic rings. The Hall–Kier alpha value is -2.80. The minimum atomic E-state index is -0.236. The van der Waals surface area contributed by atoms with Crippen LogP contribution in [-0.2, 0) is 4.79 Å². The summed E-state index contributed by atoms with van der Waals surface area (Å²) in [5.41, 5.74) is 7.77. The van der Waals surface area contributed by atoms with Crippen molar-refractivity contribution in [1.29, 1.82) is 0 Å². The average molecular weight is 353 g/mol. The van der Waals surface area contributed by atoms with Crippen LogP contribution in [0.5, 0.6) is 0 Å². The summed E-state index contributed by atoms with van der Waals surface area (Å²) in [6.07, 6.45) is 6.73. The number of benzene rings is 1. The highest BCUT2D eigenvalue weighted by atomic mass is 16.2. The van der Waals surface area contributed by atoms with Crippen molar-refractivity contribution in [2.24, 2.45) is 11.7 Å². The molecule has 1 aromatic heterocycles. The molecule has 136 valence electrons. The SMILES string of the molecule is NC(=O)[C@H]1CCCN(CCNC(=O)c2cccc(-c3cncnc3)c2)C1. The lowest BCUT2D eigenvalue weighted by Gasteiger charge is -2.31. The maximum absolute atomic E-state index is 12.4. The highest BCUT2D eigenvalue weighted by molar-refractivity contribution is 5.95. The minimum Gasteiger partial charge on any atom is -0.369 e. The van der Waals surface area contributed by atoms with Gasteiger partial charge < -0.3 is 16.0 Å². The van der Waals surface area contributed by atoms with Crippen molar-refractivity contribution in [2.45, 2.75) is 12.8 Å². The Bertz CT molecular complexity index is 766. The fourth-order valence-electron chi connectivity index (χ4n) is 3.21. The van der Waals surface area contributed by atoms with E-state index in [2.05, 4.69) is 20.2 Å². The molecule has 1 aliphatic rings. The van der Waals surface area contributed by atoms with Crippen LogP contribution in [0, 0.1) is 5.92 Å². The van der Waals surface area contributed by atoms with Gasteiger partial charge >= 0.3 is 0 Å². The van der Waals surface area contributed by atoms with Gasteiger partial charge in [0.1, 0.15) is 6.33 Å². The molecule has 2 heterocycles. The first kappa shape index (κ1) is 18.0. The van der Waals surface area contributed by atoms with Crippen molar-refractivity contribution in [3.8, 4) is 11.1 Å². The van der Waals surface area contributed by atoms with Gasteiger partial charge in [0.2, 0.25) is 5.91 Å². The summed E-state index contributed by atoms with van der Waals surface area (Å²) >= 11 is 0. The largest absolute Gasteiger partial charge is 0.369 e. The van der Waals surface area contributed by atoms with E-state index in [-0.39, 0.29) is 17.7 Å². The molecule has 0 unspecified atom stereocenters. The molecule has 26 heavy (non-hydrogen) atoms. The zero-order chi connectivity index (χ0) is 18.4. The van der Waals surface area contributed by atoms with Gasteiger partial charge in [-0.15, -0.1) is 0 Å². The summed E-state index contributed by atoms with van der Waals surface area (Å²) in [5, 5.41) is 2.94. The van der Waals surface area contributed by atoms with Crippen LogP contribution in [0.3, 0.4) is 0 Å². The summed E-state index contributed by atoms with van der Waals surface area (Å²) in [7, 11) is 0. The number of piperidine rings is 1. The lowest BCUT2D eigenvalue weighted by Crippen LogP contribution is -2.44. The molecule has 3 N–H and O–H groups in total. The van der Waals surface area contributed by atoms with Crippen LogP contribution >= 0.6 is 0 Å². The number of aromatic nitrogens is 2. The number of nitrogens with zero attached hydrogens (tertiary/aromatic N) is 3. The van der Waals surface area contributed by atoms with Crippen LogP contribution in [-0.4, -0.2) is 52.9 Å². The molecule has 1 saturated heterocycles. The molecule has 7 nitrogen and oxygen atoms in total. The number of nitrogens with two attached hydrogens (primary N) is 1. The molecular weight excluding hydrogens is 330 g/mol. The highest BCUT2D eigenvalue weighted by Crippen LogP contribution is 2.18. The summed E-state index contributed by atoms with van der Waals surface area (Å²) in [4.78, 5) is 33.9. The second kappa shape index (κ2) is 8.53. The van der Waals surface area contributed by atoms with Crippen molar-refractivity contribution in [3.63, 3.8) is 0 Å². The quantitative estimate of drug-likeness (QED) is 0.809. The van der Waals surface area contributed by atoms with Crippen molar-refractivity contribution in [2.75, 3.05) is 26.2 Å².